The zero-order valence-corrected chi connectivity index (χ0v) is 15.2. The molecule has 1 aliphatic heterocycles. The van der Waals surface area contributed by atoms with Gasteiger partial charge in [-0.2, -0.15) is 0 Å². The SMILES string of the molecule is CCOC(=O)CCCNC(=NC)N1CCCC(C)C1.I. The summed E-state index contributed by atoms with van der Waals surface area (Å²) in [5.74, 6) is 1.56. The lowest BCUT2D eigenvalue weighted by atomic mass is 10.0. The van der Waals surface area contributed by atoms with Crippen LogP contribution in [0.4, 0.5) is 0 Å². The number of carbonyl (C=O) groups excluding carboxylic acids is 1. The van der Waals surface area contributed by atoms with Crippen LogP contribution in [0.3, 0.4) is 0 Å². The molecule has 0 radical (unpaired) electrons. The molecule has 6 heteroatoms. The molecule has 20 heavy (non-hydrogen) atoms. The fraction of sp³-hybridized carbons (Fsp3) is 0.857. The lowest BCUT2D eigenvalue weighted by Crippen LogP contribution is -2.46. The maximum Gasteiger partial charge on any atom is 0.305 e. The van der Waals surface area contributed by atoms with Crippen LogP contribution in [0.25, 0.3) is 0 Å². The van der Waals surface area contributed by atoms with Crippen LogP contribution >= 0.6 is 24.0 Å². The minimum absolute atomic E-state index is 0. The predicted octanol–water partition coefficient (Wildman–Crippen LogP) is 2.26. The molecular weight excluding hydrogens is 369 g/mol. The molecule has 5 nitrogen and oxygen atoms in total. The number of halogens is 1. The van der Waals surface area contributed by atoms with Gasteiger partial charge in [0.15, 0.2) is 5.96 Å². The molecule has 0 bridgehead atoms. The van der Waals surface area contributed by atoms with Gasteiger partial charge >= 0.3 is 5.97 Å². The van der Waals surface area contributed by atoms with Gasteiger partial charge in [0.25, 0.3) is 0 Å². The van der Waals surface area contributed by atoms with Gasteiger partial charge in [0.05, 0.1) is 6.61 Å². The van der Waals surface area contributed by atoms with Crippen molar-refractivity contribution in [3.05, 3.63) is 0 Å². The van der Waals surface area contributed by atoms with Gasteiger partial charge in [-0.15, -0.1) is 24.0 Å². The fourth-order valence-electron chi connectivity index (χ4n) is 2.38. The van der Waals surface area contributed by atoms with Gasteiger partial charge in [0.2, 0.25) is 0 Å². The second kappa shape index (κ2) is 11.2. The Morgan fingerprint density at radius 2 is 2.25 bits per heavy atom. The average molecular weight is 397 g/mol. The highest BCUT2D eigenvalue weighted by molar-refractivity contribution is 14.0. The van der Waals surface area contributed by atoms with Crippen LogP contribution in [-0.4, -0.2) is 50.1 Å². The van der Waals surface area contributed by atoms with E-state index in [0.717, 1.165) is 37.9 Å². The molecule has 1 N–H and O–H groups in total. The Bertz CT molecular complexity index is 311. The molecule has 1 rings (SSSR count). The normalized spacial score (nSPS) is 19.2. The number of rotatable bonds is 5. The quantitative estimate of drug-likeness (QED) is 0.254. The second-order valence-corrected chi connectivity index (χ2v) is 5.08. The van der Waals surface area contributed by atoms with Crippen LogP contribution < -0.4 is 5.32 Å². The number of ether oxygens (including phenoxy) is 1. The Hall–Kier alpha value is -0.530. The van der Waals surface area contributed by atoms with Crippen molar-refractivity contribution >= 4 is 35.9 Å². The molecule has 0 aromatic heterocycles. The largest absolute Gasteiger partial charge is 0.466 e. The number of carbonyl (C=O) groups is 1. The predicted molar refractivity (Wildman–Crippen MR) is 92.6 cm³/mol. The van der Waals surface area contributed by atoms with E-state index < -0.39 is 0 Å². The van der Waals surface area contributed by atoms with Crippen molar-refractivity contribution in [3.63, 3.8) is 0 Å². The molecule has 1 unspecified atom stereocenters. The first-order valence-corrected chi connectivity index (χ1v) is 7.28. The maximum absolute atomic E-state index is 11.2. The molecular formula is C14H28IN3O2. The van der Waals surface area contributed by atoms with Crippen LogP contribution in [0.5, 0.6) is 0 Å². The molecule has 118 valence electrons. The Morgan fingerprint density at radius 1 is 1.50 bits per heavy atom. The van der Waals surface area contributed by atoms with Gasteiger partial charge in [-0.1, -0.05) is 6.92 Å². The molecule has 1 heterocycles. The standard InChI is InChI=1S/C14H27N3O2.HI/c1-4-19-13(18)8-5-9-16-14(15-3)17-10-6-7-12(2)11-17;/h12H,4-11H2,1-3H3,(H,15,16);1H. The minimum atomic E-state index is -0.120. The average Bonchev–Trinajstić information content (AvgIpc) is 2.39. The number of esters is 1. The summed E-state index contributed by atoms with van der Waals surface area (Å²) in [7, 11) is 1.81. The van der Waals surface area contributed by atoms with Gasteiger partial charge in [0.1, 0.15) is 0 Å². The Balaban J connectivity index is 0.00000361. The lowest BCUT2D eigenvalue weighted by molar-refractivity contribution is -0.143. The first-order valence-electron chi connectivity index (χ1n) is 7.28. The summed E-state index contributed by atoms with van der Waals surface area (Å²) in [6.07, 6.45) is 3.77. The van der Waals surface area contributed by atoms with Crippen molar-refractivity contribution in [2.45, 2.75) is 39.5 Å². The zero-order valence-electron chi connectivity index (χ0n) is 12.9. The van der Waals surface area contributed by atoms with Crippen LogP contribution in [-0.2, 0) is 9.53 Å². The molecule has 0 amide bonds. The first kappa shape index (κ1) is 19.5. The van der Waals surface area contributed by atoms with Crippen molar-refractivity contribution < 1.29 is 9.53 Å². The van der Waals surface area contributed by atoms with Gasteiger partial charge in [-0.05, 0) is 32.1 Å². The molecule has 0 aromatic carbocycles. The minimum Gasteiger partial charge on any atom is -0.466 e. The number of aliphatic imine (C=N–C) groups is 1. The summed E-state index contributed by atoms with van der Waals surface area (Å²) in [5, 5.41) is 3.33. The molecule has 1 fully saturated rings. The Kier molecular flexibility index (Phi) is 10.9. The van der Waals surface area contributed by atoms with Crippen molar-refractivity contribution in [3.8, 4) is 0 Å². The van der Waals surface area contributed by atoms with Crippen LogP contribution in [0, 0.1) is 5.92 Å². The lowest BCUT2D eigenvalue weighted by Gasteiger charge is -2.33. The third kappa shape index (κ3) is 7.31. The molecule has 0 spiro atoms. The van der Waals surface area contributed by atoms with E-state index >= 15 is 0 Å². The van der Waals surface area contributed by atoms with Crippen LogP contribution in [0.2, 0.25) is 0 Å². The Morgan fingerprint density at radius 3 is 2.85 bits per heavy atom. The number of piperidine rings is 1. The van der Waals surface area contributed by atoms with E-state index in [4.69, 9.17) is 4.74 Å². The van der Waals surface area contributed by atoms with Crippen LogP contribution in [0.1, 0.15) is 39.5 Å². The van der Waals surface area contributed by atoms with Gasteiger partial charge in [-0.3, -0.25) is 9.79 Å². The van der Waals surface area contributed by atoms with Gasteiger partial charge < -0.3 is 15.0 Å². The van der Waals surface area contributed by atoms with E-state index in [1.54, 1.807) is 0 Å². The molecule has 0 aliphatic carbocycles. The zero-order chi connectivity index (χ0) is 14.1. The van der Waals surface area contributed by atoms with Gasteiger partial charge in [-0.25, -0.2) is 0 Å². The summed E-state index contributed by atoms with van der Waals surface area (Å²) in [6.45, 7) is 7.46. The monoisotopic (exact) mass is 397 g/mol. The van der Waals surface area contributed by atoms with E-state index in [2.05, 4.69) is 22.1 Å². The van der Waals surface area contributed by atoms with Crippen molar-refractivity contribution in [1.29, 1.82) is 0 Å². The number of nitrogens with zero attached hydrogens (tertiary/aromatic N) is 2. The third-order valence-corrected chi connectivity index (χ3v) is 3.31. The number of nitrogens with one attached hydrogen (secondary N) is 1. The number of hydrogen-bond donors (Lipinski definition) is 1. The van der Waals surface area contributed by atoms with Crippen molar-refractivity contribution in [2.24, 2.45) is 10.9 Å². The summed E-state index contributed by atoms with van der Waals surface area (Å²) in [6, 6.07) is 0. The smallest absolute Gasteiger partial charge is 0.305 e. The molecule has 1 saturated heterocycles. The van der Waals surface area contributed by atoms with E-state index in [0.29, 0.717) is 13.0 Å². The maximum atomic E-state index is 11.2. The molecule has 0 saturated carbocycles. The van der Waals surface area contributed by atoms with E-state index in [9.17, 15) is 4.79 Å². The van der Waals surface area contributed by atoms with Crippen molar-refractivity contribution in [1.82, 2.24) is 10.2 Å². The molecule has 1 aliphatic rings. The van der Waals surface area contributed by atoms with E-state index in [-0.39, 0.29) is 29.9 Å². The summed E-state index contributed by atoms with van der Waals surface area (Å²) in [5.41, 5.74) is 0. The van der Waals surface area contributed by atoms with E-state index in [1.165, 1.54) is 12.8 Å². The molecule has 0 aromatic rings. The Labute approximate surface area is 139 Å². The van der Waals surface area contributed by atoms with Gasteiger partial charge in [0, 0.05) is 33.1 Å². The first-order chi connectivity index (χ1) is 9.17. The number of hydrogen-bond acceptors (Lipinski definition) is 3. The second-order valence-electron chi connectivity index (χ2n) is 5.08. The highest BCUT2D eigenvalue weighted by atomic mass is 127. The summed E-state index contributed by atoms with van der Waals surface area (Å²) >= 11 is 0. The highest BCUT2D eigenvalue weighted by Crippen LogP contribution is 2.15. The van der Waals surface area contributed by atoms with E-state index in [1.807, 2.05) is 14.0 Å². The number of likely N-dealkylation sites (tertiary alicyclic amines) is 1. The van der Waals surface area contributed by atoms with Crippen molar-refractivity contribution in [2.75, 3.05) is 33.3 Å². The summed E-state index contributed by atoms with van der Waals surface area (Å²) in [4.78, 5) is 17.8. The third-order valence-electron chi connectivity index (χ3n) is 3.31. The number of guanidine groups is 1. The highest BCUT2D eigenvalue weighted by Gasteiger charge is 2.18. The summed E-state index contributed by atoms with van der Waals surface area (Å²) < 4.78 is 4.90. The van der Waals surface area contributed by atoms with Crippen LogP contribution in [0.15, 0.2) is 4.99 Å². The topological polar surface area (TPSA) is 53.9 Å². The fourth-order valence-corrected chi connectivity index (χ4v) is 2.38. The molecule has 1 atom stereocenters.